The molecule has 1 amide bonds. The minimum Gasteiger partial charge on any atom is -0.481 e. The monoisotopic (exact) mass is 1460 g/mol. The van der Waals surface area contributed by atoms with Crippen LogP contribution in [0, 0.1) is 65.1 Å². The number of benzene rings is 6. The van der Waals surface area contributed by atoms with Gasteiger partial charge in [0, 0.05) is 71.4 Å². The average molecular weight is 1460 g/mol. The lowest BCUT2D eigenvalue weighted by Gasteiger charge is -2.33. The van der Waals surface area contributed by atoms with E-state index in [0.717, 1.165) is 153 Å². The lowest BCUT2D eigenvalue weighted by atomic mass is 9.81. The van der Waals surface area contributed by atoms with E-state index in [4.69, 9.17) is 16.6 Å². The molecule has 7 saturated carbocycles. The first kappa shape index (κ1) is 84.5. The molecule has 0 atom stereocenters. The summed E-state index contributed by atoms with van der Waals surface area (Å²) in [6, 6.07) is 64.8. The van der Waals surface area contributed by atoms with Gasteiger partial charge in [0.2, 0.25) is 5.91 Å². The van der Waals surface area contributed by atoms with Crippen LogP contribution in [-0.2, 0) is 53.7 Å². The summed E-state index contributed by atoms with van der Waals surface area (Å²) < 4.78 is 0. The molecule has 8 N–H and O–H groups in total. The number of rotatable bonds is 29. The normalized spacial score (nSPS) is 23.0. The van der Waals surface area contributed by atoms with Gasteiger partial charge in [-0.25, -0.2) is 0 Å². The molecule has 6 aromatic carbocycles. The Morgan fingerprint density at radius 1 is 0.280 bits per heavy atom. The van der Waals surface area contributed by atoms with E-state index in [9.17, 15) is 19.5 Å². The maximum Gasteiger partial charge on any atom is 0.306 e. The highest BCUT2D eigenvalue weighted by molar-refractivity contribution is 5.78. The van der Waals surface area contributed by atoms with Gasteiger partial charge in [0.1, 0.15) is 0 Å². The summed E-state index contributed by atoms with van der Waals surface area (Å²) >= 11 is 0. The van der Waals surface area contributed by atoms with Gasteiger partial charge in [0.05, 0.1) is 11.8 Å². The fourth-order valence-electron chi connectivity index (χ4n) is 18.2. The lowest BCUT2D eigenvalue weighted by Crippen LogP contribution is -2.38. The molecule has 0 spiro atoms. The molecule has 0 bridgehead atoms. The number of amides is 1. The molecule has 107 heavy (non-hydrogen) atoms. The van der Waals surface area contributed by atoms with Crippen molar-refractivity contribution >= 4 is 17.8 Å². The van der Waals surface area contributed by atoms with Crippen LogP contribution in [-0.4, -0.2) is 95.1 Å². The number of nitrogens with two attached hydrogens (primary N) is 2. The summed E-state index contributed by atoms with van der Waals surface area (Å²) in [6.07, 6.45) is 38.4. The van der Waals surface area contributed by atoms with E-state index in [0.29, 0.717) is 36.1 Å². The van der Waals surface area contributed by atoms with E-state index in [1.807, 2.05) is 0 Å². The molecule has 0 aliphatic heterocycles. The third kappa shape index (κ3) is 33.3. The van der Waals surface area contributed by atoms with E-state index in [2.05, 4.69) is 207 Å². The number of nitrogens with one attached hydrogen (secondary N) is 2. The molecular weight excluding hydrogens is 1320 g/mol. The Morgan fingerprint density at radius 2 is 0.505 bits per heavy atom. The van der Waals surface area contributed by atoms with E-state index < -0.39 is 11.9 Å². The van der Waals surface area contributed by atoms with Gasteiger partial charge in [-0.2, -0.15) is 0 Å². The Labute approximate surface area is 646 Å². The number of carboxylic acids is 2. The number of hydrogen-bond donors (Lipinski definition) is 6. The maximum absolute atomic E-state index is 12.7. The Morgan fingerprint density at radius 3 is 0.776 bits per heavy atom. The Kier molecular flexibility index (Phi) is 39.2. The Hall–Kier alpha value is -6.51. The zero-order chi connectivity index (χ0) is 74.7. The van der Waals surface area contributed by atoms with Crippen LogP contribution in [0.1, 0.15) is 232 Å². The van der Waals surface area contributed by atoms with Crippen molar-refractivity contribution in [3.05, 3.63) is 215 Å². The highest BCUT2D eigenvalue weighted by Crippen LogP contribution is 2.35. The van der Waals surface area contributed by atoms with Crippen molar-refractivity contribution < 1.29 is 24.6 Å². The number of carbonyl (C=O) groups is 3. The molecule has 0 aromatic heterocycles. The summed E-state index contributed by atoms with van der Waals surface area (Å²) in [4.78, 5) is 42.2. The molecule has 12 nitrogen and oxygen atoms in total. The summed E-state index contributed by atoms with van der Waals surface area (Å²) in [6.45, 7) is 14.4. The topological polar surface area (TPSA) is 177 Å². The van der Waals surface area contributed by atoms with Gasteiger partial charge in [0.15, 0.2) is 0 Å². The second kappa shape index (κ2) is 49.6. The molecule has 0 heterocycles. The predicted octanol–water partition coefficient (Wildman–Crippen LogP) is 19.8. The zero-order valence-corrected chi connectivity index (χ0v) is 65.6. The standard InChI is InChI=1S/C29H40N2O.C29H42N2.C22H27NO2.C8H15NO2.C7H15N/c32-29(30-20-24-10-4-1-5-11-24)28-18-16-27(17-19-28)23-31(21-25-12-6-2-7-13-25)22-26-14-8-3-9-15-26;1-4-10-25(11-5-1)20-30-21-26-16-18-29(19-17-26)24-31(22-27-12-6-2-7-13-27)23-28-14-8-3-9-15-28;24-22(25)21-13-11-20(12-14-21)17-23(15-18-7-3-1-4-8-18)16-19-9-5-2-6-10-19;9-5-6-1-3-7(4-2-6)8(10)11;8-6-7-4-2-1-3-5-7/h2-3,6-9,12-15,24,27-28H,1,4-5,10-11,16-23H2,(H,30,32);2-3,6-9,12-15,25-26,29-30H,1,4-5,10-11,16-24H2;1-10,20-21H,11-17H2,(H,24,25);6-7H,1-5,9H2,(H,10,11);7H,1-6,8H2. The maximum atomic E-state index is 12.7. The minimum atomic E-state index is -0.638. The highest BCUT2D eigenvalue weighted by atomic mass is 16.4. The quantitative estimate of drug-likeness (QED) is 0.0263. The van der Waals surface area contributed by atoms with Gasteiger partial charge < -0.3 is 32.3 Å². The first-order valence-corrected chi connectivity index (χ1v) is 42.7. The molecule has 7 aliphatic carbocycles. The molecular formula is C95H139N7O5. The predicted molar refractivity (Wildman–Crippen MR) is 442 cm³/mol. The molecule has 0 saturated heterocycles. The van der Waals surface area contributed by atoms with Crippen molar-refractivity contribution in [1.29, 1.82) is 0 Å². The molecule has 6 aromatic rings. The fraction of sp³-hybridized carbons (Fsp3) is 0.589. The van der Waals surface area contributed by atoms with E-state index in [-0.39, 0.29) is 17.8 Å². The van der Waals surface area contributed by atoms with E-state index >= 15 is 0 Å². The number of hydrogen-bond acceptors (Lipinski definition) is 9. The van der Waals surface area contributed by atoms with Crippen LogP contribution in [0.2, 0.25) is 0 Å². The lowest BCUT2D eigenvalue weighted by molar-refractivity contribution is -0.144. The summed E-state index contributed by atoms with van der Waals surface area (Å²) in [5.74, 6) is 5.20. The number of carboxylic acid groups (broad SMARTS) is 2. The fourth-order valence-corrected chi connectivity index (χ4v) is 18.2. The minimum absolute atomic E-state index is 0.0993. The Balaban J connectivity index is 0.000000165. The summed E-state index contributed by atoms with van der Waals surface area (Å²) in [7, 11) is 0. The van der Waals surface area contributed by atoms with Gasteiger partial charge in [-0.15, -0.1) is 0 Å². The molecule has 7 fully saturated rings. The second-order valence-electron chi connectivity index (χ2n) is 33.5. The van der Waals surface area contributed by atoms with Crippen molar-refractivity contribution in [2.45, 2.75) is 238 Å². The number of aliphatic carboxylic acids is 2. The van der Waals surface area contributed by atoms with Gasteiger partial charge in [-0.05, 0) is 248 Å². The van der Waals surface area contributed by atoms with Gasteiger partial charge >= 0.3 is 11.9 Å². The van der Waals surface area contributed by atoms with Crippen LogP contribution in [0.5, 0.6) is 0 Å². The van der Waals surface area contributed by atoms with Crippen molar-refractivity contribution in [2.24, 2.45) is 76.6 Å². The summed E-state index contributed by atoms with van der Waals surface area (Å²) in [5, 5.41) is 25.0. The van der Waals surface area contributed by atoms with Gasteiger partial charge in [-0.3, -0.25) is 29.1 Å². The molecule has 7 aliphatic rings. The molecule has 12 heteroatoms. The second-order valence-corrected chi connectivity index (χ2v) is 33.5. The molecule has 0 unspecified atom stereocenters. The van der Waals surface area contributed by atoms with Crippen molar-refractivity contribution in [3.8, 4) is 0 Å². The van der Waals surface area contributed by atoms with E-state index in [1.165, 1.54) is 188 Å². The van der Waals surface area contributed by atoms with Crippen molar-refractivity contribution in [2.75, 3.05) is 52.4 Å². The average Bonchev–Trinajstić information content (AvgIpc) is 0.889. The van der Waals surface area contributed by atoms with E-state index in [1.54, 1.807) is 0 Å². The van der Waals surface area contributed by atoms with Gasteiger partial charge in [-0.1, -0.05) is 240 Å². The molecule has 13 rings (SSSR count). The summed E-state index contributed by atoms with van der Waals surface area (Å²) in [5.41, 5.74) is 19.3. The first-order chi connectivity index (χ1) is 52.5. The number of nitrogens with zero attached hydrogens (tertiary/aromatic N) is 3. The zero-order valence-electron chi connectivity index (χ0n) is 65.6. The highest BCUT2D eigenvalue weighted by Gasteiger charge is 2.31. The van der Waals surface area contributed by atoms with Crippen LogP contribution in [0.25, 0.3) is 0 Å². The molecule has 0 radical (unpaired) electrons. The third-order valence-electron chi connectivity index (χ3n) is 24.9. The number of carbonyl (C=O) groups excluding carboxylic acids is 1. The molecule has 584 valence electrons. The largest absolute Gasteiger partial charge is 0.481 e. The van der Waals surface area contributed by atoms with Crippen LogP contribution < -0.4 is 22.1 Å². The first-order valence-electron chi connectivity index (χ1n) is 42.7. The van der Waals surface area contributed by atoms with Crippen LogP contribution in [0.15, 0.2) is 182 Å². The van der Waals surface area contributed by atoms with Crippen LogP contribution in [0.3, 0.4) is 0 Å². The SMILES string of the molecule is NCC1CCC(C(=O)O)CC1.NCC1CCCCC1.O=C(NCC1CCCCC1)C1CCC(CN(Cc2ccccc2)Cc2ccccc2)CC1.O=C(O)C1CCC(CN(Cc2ccccc2)Cc2ccccc2)CC1.c1ccc(CN(Cc2ccccc2)CC2CCC(CNCC3CCCCC3)CC2)cc1. The van der Waals surface area contributed by atoms with Crippen LogP contribution >= 0.6 is 0 Å². The van der Waals surface area contributed by atoms with Gasteiger partial charge in [0.25, 0.3) is 0 Å². The van der Waals surface area contributed by atoms with Crippen molar-refractivity contribution in [1.82, 2.24) is 25.3 Å². The van der Waals surface area contributed by atoms with Crippen LogP contribution in [0.4, 0.5) is 0 Å². The Bertz CT molecular complexity index is 3120. The third-order valence-corrected chi connectivity index (χ3v) is 24.9. The smallest absolute Gasteiger partial charge is 0.306 e. The van der Waals surface area contributed by atoms with Crippen molar-refractivity contribution in [3.63, 3.8) is 0 Å².